The van der Waals surface area contributed by atoms with Gasteiger partial charge in [-0.3, -0.25) is 0 Å². The van der Waals surface area contributed by atoms with Crippen molar-refractivity contribution in [1.29, 1.82) is 0 Å². The van der Waals surface area contributed by atoms with Gasteiger partial charge in [-0.25, -0.2) is 9.97 Å². The molecule has 1 N–H and O–H groups in total. The van der Waals surface area contributed by atoms with E-state index in [0.717, 1.165) is 43.0 Å². The Morgan fingerprint density at radius 2 is 2.25 bits per heavy atom. The molecule has 0 aliphatic carbocycles. The van der Waals surface area contributed by atoms with Crippen molar-refractivity contribution in [3.05, 3.63) is 18.1 Å². The van der Waals surface area contributed by atoms with Gasteiger partial charge in [-0.05, 0) is 25.7 Å². The highest BCUT2D eigenvalue weighted by Gasteiger charge is 2.42. The van der Waals surface area contributed by atoms with E-state index >= 15 is 0 Å². The van der Waals surface area contributed by atoms with Gasteiger partial charge in [0.25, 0.3) is 0 Å². The molecule has 2 saturated heterocycles. The summed E-state index contributed by atoms with van der Waals surface area (Å²) in [6.45, 7) is 7.79. The predicted octanol–water partition coefficient (Wildman–Crippen LogP) is 0.829. The van der Waals surface area contributed by atoms with E-state index in [0.29, 0.717) is 6.04 Å². The van der Waals surface area contributed by atoms with Crippen LogP contribution in [0.2, 0.25) is 0 Å². The molecule has 2 aliphatic rings. The largest absolute Gasteiger partial charge is 0.353 e. The zero-order valence-electron chi connectivity index (χ0n) is 9.85. The molecule has 4 heteroatoms. The fraction of sp³-hybridized carbons (Fsp3) is 0.667. The number of nitrogens with zero attached hydrogens (tertiary/aromatic N) is 3. The molecular weight excluding hydrogens is 200 g/mol. The first-order valence-electron chi connectivity index (χ1n) is 6.01. The number of anilines is 1. The maximum atomic E-state index is 4.39. The van der Waals surface area contributed by atoms with Crippen LogP contribution < -0.4 is 10.2 Å². The van der Waals surface area contributed by atoms with E-state index in [1.54, 1.807) is 6.33 Å². The minimum atomic E-state index is 0.592. The van der Waals surface area contributed by atoms with Crippen molar-refractivity contribution < 1.29 is 0 Å². The number of hydrogen-bond acceptors (Lipinski definition) is 4. The summed E-state index contributed by atoms with van der Waals surface area (Å²) in [5.74, 6) is 2.68. The molecule has 16 heavy (non-hydrogen) atoms. The molecule has 0 aromatic carbocycles. The van der Waals surface area contributed by atoms with Gasteiger partial charge in [-0.15, -0.1) is 0 Å². The van der Waals surface area contributed by atoms with Gasteiger partial charge >= 0.3 is 0 Å². The van der Waals surface area contributed by atoms with Crippen molar-refractivity contribution in [2.45, 2.75) is 19.9 Å². The second-order valence-corrected chi connectivity index (χ2v) is 4.99. The van der Waals surface area contributed by atoms with Gasteiger partial charge in [0.15, 0.2) is 0 Å². The average molecular weight is 218 g/mol. The van der Waals surface area contributed by atoms with E-state index in [1.165, 1.54) is 0 Å². The summed E-state index contributed by atoms with van der Waals surface area (Å²) in [7, 11) is 0. The third-order valence-corrected chi connectivity index (χ3v) is 4.02. The van der Waals surface area contributed by atoms with Gasteiger partial charge in [0.2, 0.25) is 0 Å². The lowest BCUT2D eigenvalue weighted by atomic mass is 9.95. The Hall–Kier alpha value is -1.16. The summed E-state index contributed by atoms with van der Waals surface area (Å²) in [4.78, 5) is 11.0. The lowest BCUT2D eigenvalue weighted by molar-refractivity contribution is 0.471. The molecular formula is C12H18N4. The van der Waals surface area contributed by atoms with Crippen LogP contribution in [0, 0.1) is 18.8 Å². The SMILES string of the molecule is Cc1cc(N2CC3CNCC3C2C)ncn1. The molecule has 2 fully saturated rings. The Balaban J connectivity index is 1.86. The highest BCUT2D eigenvalue weighted by Crippen LogP contribution is 2.34. The van der Waals surface area contributed by atoms with E-state index < -0.39 is 0 Å². The lowest BCUT2D eigenvalue weighted by Crippen LogP contribution is -2.33. The van der Waals surface area contributed by atoms with E-state index in [2.05, 4.69) is 33.2 Å². The molecule has 2 aliphatic heterocycles. The Morgan fingerprint density at radius 1 is 1.38 bits per heavy atom. The fourth-order valence-electron chi connectivity index (χ4n) is 3.07. The standard InChI is InChI=1S/C12H18N4/c1-8-3-12(15-7-14-8)16-6-10-4-13-5-11(10)9(16)2/h3,7,9-11,13H,4-6H2,1-2H3. The summed E-state index contributed by atoms with van der Waals surface area (Å²) < 4.78 is 0. The third kappa shape index (κ3) is 1.48. The minimum absolute atomic E-state index is 0.592. The van der Waals surface area contributed by atoms with Crippen LogP contribution >= 0.6 is 0 Å². The Labute approximate surface area is 96.1 Å². The summed E-state index contributed by atoms with van der Waals surface area (Å²) in [5, 5.41) is 3.48. The molecule has 0 bridgehead atoms. The Kier molecular flexibility index (Phi) is 2.32. The molecule has 3 rings (SSSR count). The van der Waals surface area contributed by atoms with Gasteiger partial charge in [-0.2, -0.15) is 0 Å². The van der Waals surface area contributed by atoms with Gasteiger partial charge in [0.1, 0.15) is 12.1 Å². The summed E-state index contributed by atoms with van der Waals surface area (Å²) >= 11 is 0. The smallest absolute Gasteiger partial charge is 0.132 e. The van der Waals surface area contributed by atoms with Crippen LogP contribution in [0.3, 0.4) is 0 Å². The number of aryl methyl sites for hydroxylation is 1. The number of fused-ring (bicyclic) bond motifs is 1. The van der Waals surface area contributed by atoms with Crippen molar-refractivity contribution in [3.63, 3.8) is 0 Å². The molecule has 0 radical (unpaired) electrons. The Bertz CT molecular complexity index is 392. The van der Waals surface area contributed by atoms with Crippen molar-refractivity contribution in [1.82, 2.24) is 15.3 Å². The number of hydrogen-bond donors (Lipinski definition) is 1. The van der Waals surface area contributed by atoms with Crippen LogP contribution in [0.4, 0.5) is 5.82 Å². The molecule has 0 amide bonds. The first-order valence-corrected chi connectivity index (χ1v) is 6.01. The third-order valence-electron chi connectivity index (χ3n) is 4.02. The second kappa shape index (κ2) is 3.70. The highest BCUT2D eigenvalue weighted by atomic mass is 15.3. The number of rotatable bonds is 1. The topological polar surface area (TPSA) is 41.0 Å². The normalized spacial score (nSPS) is 33.1. The van der Waals surface area contributed by atoms with E-state index in [1.807, 2.05) is 6.92 Å². The molecule has 1 aromatic rings. The maximum Gasteiger partial charge on any atom is 0.132 e. The summed E-state index contributed by atoms with van der Waals surface area (Å²) in [5.41, 5.74) is 1.05. The molecule has 0 spiro atoms. The van der Waals surface area contributed by atoms with Crippen LogP contribution in [0.15, 0.2) is 12.4 Å². The average Bonchev–Trinajstić information content (AvgIpc) is 2.82. The summed E-state index contributed by atoms with van der Waals surface area (Å²) in [6.07, 6.45) is 1.67. The van der Waals surface area contributed by atoms with Gasteiger partial charge < -0.3 is 10.2 Å². The highest BCUT2D eigenvalue weighted by molar-refractivity contribution is 5.42. The van der Waals surface area contributed by atoms with Gasteiger partial charge in [0, 0.05) is 37.4 Å². The van der Waals surface area contributed by atoms with E-state index in [4.69, 9.17) is 0 Å². The minimum Gasteiger partial charge on any atom is -0.353 e. The molecule has 3 atom stereocenters. The molecule has 4 nitrogen and oxygen atoms in total. The van der Waals surface area contributed by atoms with Crippen LogP contribution in [-0.2, 0) is 0 Å². The molecule has 1 aromatic heterocycles. The van der Waals surface area contributed by atoms with Crippen molar-refractivity contribution in [3.8, 4) is 0 Å². The fourth-order valence-corrected chi connectivity index (χ4v) is 3.07. The molecule has 0 saturated carbocycles. The second-order valence-electron chi connectivity index (χ2n) is 4.99. The van der Waals surface area contributed by atoms with Crippen LogP contribution in [0.5, 0.6) is 0 Å². The molecule has 86 valence electrons. The maximum absolute atomic E-state index is 4.39. The van der Waals surface area contributed by atoms with Gasteiger partial charge in [-0.1, -0.05) is 0 Å². The predicted molar refractivity (Wildman–Crippen MR) is 63.4 cm³/mol. The first-order chi connectivity index (χ1) is 7.75. The van der Waals surface area contributed by atoms with Crippen molar-refractivity contribution in [2.24, 2.45) is 11.8 Å². The van der Waals surface area contributed by atoms with Gasteiger partial charge in [0.05, 0.1) is 0 Å². The summed E-state index contributed by atoms with van der Waals surface area (Å²) in [6, 6.07) is 2.68. The number of aromatic nitrogens is 2. The van der Waals surface area contributed by atoms with Crippen molar-refractivity contribution >= 4 is 5.82 Å². The van der Waals surface area contributed by atoms with Crippen LogP contribution in [-0.4, -0.2) is 35.6 Å². The quantitative estimate of drug-likeness (QED) is 0.758. The monoisotopic (exact) mass is 218 g/mol. The molecule has 3 unspecified atom stereocenters. The number of nitrogens with one attached hydrogen (secondary N) is 1. The van der Waals surface area contributed by atoms with E-state index in [-0.39, 0.29) is 0 Å². The first kappa shape index (κ1) is 10.0. The van der Waals surface area contributed by atoms with Crippen LogP contribution in [0.1, 0.15) is 12.6 Å². The van der Waals surface area contributed by atoms with Crippen molar-refractivity contribution in [2.75, 3.05) is 24.5 Å². The van der Waals surface area contributed by atoms with Crippen LogP contribution in [0.25, 0.3) is 0 Å². The van der Waals surface area contributed by atoms with E-state index in [9.17, 15) is 0 Å². The zero-order valence-corrected chi connectivity index (χ0v) is 9.85. The lowest BCUT2D eigenvalue weighted by Gasteiger charge is -2.25. The zero-order chi connectivity index (χ0) is 11.1. The Morgan fingerprint density at radius 3 is 3.00 bits per heavy atom. The molecule has 3 heterocycles.